The molecule has 0 aliphatic carbocycles. The molecule has 0 atom stereocenters. The van der Waals surface area contributed by atoms with E-state index in [0.717, 1.165) is 14.9 Å². The van der Waals surface area contributed by atoms with Gasteiger partial charge in [0.2, 0.25) is 0 Å². The summed E-state index contributed by atoms with van der Waals surface area (Å²) in [5.74, 6) is 2.88. The van der Waals surface area contributed by atoms with Gasteiger partial charge in [-0.25, -0.2) is 0 Å². The molecule has 0 unspecified atom stereocenters. The zero-order valence-corrected chi connectivity index (χ0v) is 5.79. The summed E-state index contributed by atoms with van der Waals surface area (Å²) in [6, 6.07) is 8.11. The van der Waals surface area contributed by atoms with Crippen LogP contribution in [0.5, 0.6) is 5.75 Å². The van der Waals surface area contributed by atoms with E-state index < -0.39 is 0 Å². The maximum absolute atomic E-state index is 5.19. The van der Waals surface area contributed by atoms with Crippen molar-refractivity contribution >= 4 is 20.2 Å². The van der Waals surface area contributed by atoms with Crippen LogP contribution < -0.4 is 9.92 Å². The van der Waals surface area contributed by atoms with Crippen LogP contribution in [0, 0.1) is 0 Å². The number of hydrogen-bond acceptors (Lipinski definition) is 1. The van der Waals surface area contributed by atoms with Gasteiger partial charge in [0.25, 0.3) is 0 Å². The summed E-state index contributed by atoms with van der Waals surface area (Å²) in [6.45, 7) is 0. The standard InChI is InChI=1S/C7H5OSi/c1-2-4-7-6(3-1)8-5-9-7/h1-5H. The number of fused-ring (bicyclic) bond motifs is 1. The molecule has 1 aliphatic heterocycles. The van der Waals surface area contributed by atoms with Crippen molar-refractivity contribution in [1.82, 2.24) is 0 Å². The molecule has 0 N–H and O–H groups in total. The van der Waals surface area contributed by atoms with E-state index in [9.17, 15) is 0 Å². The Morgan fingerprint density at radius 3 is 3.00 bits per heavy atom. The Kier molecular flexibility index (Phi) is 0.992. The van der Waals surface area contributed by atoms with Crippen molar-refractivity contribution < 1.29 is 4.74 Å². The molecule has 1 radical (unpaired) electrons. The molecule has 0 spiro atoms. The summed E-state index contributed by atoms with van der Waals surface area (Å²) >= 11 is 0. The number of ether oxygens (including phenoxy) is 1. The van der Waals surface area contributed by atoms with Crippen molar-refractivity contribution in [3.05, 3.63) is 24.3 Å². The molecule has 1 aromatic rings. The minimum absolute atomic E-state index is 0.732. The van der Waals surface area contributed by atoms with Crippen LogP contribution in [0.2, 0.25) is 0 Å². The Morgan fingerprint density at radius 1 is 1.22 bits per heavy atom. The molecule has 2 heteroatoms. The van der Waals surface area contributed by atoms with Crippen LogP contribution in [0.25, 0.3) is 0 Å². The third-order valence-corrected chi connectivity index (χ3v) is 2.25. The van der Waals surface area contributed by atoms with Crippen LogP contribution in [0.1, 0.15) is 0 Å². The summed E-state index contributed by atoms with van der Waals surface area (Å²) in [4.78, 5) is 0. The number of rotatable bonds is 0. The summed E-state index contributed by atoms with van der Waals surface area (Å²) in [6.07, 6.45) is 0. The van der Waals surface area contributed by atoms with Crippen molar-refractivity contribution in [3.8, 4) is 5.75 Å². The van der Waals surface area contributed by atoms with Crippen molar-refractivity contribution in [3.63, 3.8) is 0 Å². The van der Waals surface area contributed by atoms with Gasteiger partial charge in [-0.15, -0.1) is 0 Å². The van der Waals surface area contributed by atoms with E-state index in [4.69, 9.17) is 4.74 Å². The molecule has 0 bridgehead atoms. The highest BCUT2D eigenvalue weighted by Crippen LogP contribution is 2.05. The third-order valence-electron chi connectivity index (χ3n) is 1.29. The van der Waals surface area contributed by atoms with Crippen LogP contribution in [-0.4, -0.2) is 15.0 Å². The van der Waals surface area contributed by atoms with E-state index in [1.807, 2.05) is 24.1 Å². The maximum Gasteiger partial charge on any atom is 0.128 e. The van der Waals surface area contributed by atoms with Gasteiger partial charge in [0.15, 0.2) is 0 Å². The first-order valence-electron chi connectivity index (χ1n) is 2.81. The van der Waals surface area contributed by atoms with Crippen LogP contribution in [0.15, 0.2) is 24.3 Å². The van der Waals surface area contributed by atoms with E-state index in [-0.39, 0.29) is 0 Å². The fourth-order valence-electron chi connectivity index (χ4n) is 0.845. The summed E-state index contributed by atoms with van der Waals surface area (Å²) in [5.41, 5.74) is 0. The fraction of sp³-hybridized carbons (Fsp3) is 0. The van der Waals surface area contributed by atoms with Gasteiger partial charge in [0.1, 0.15) is 14.9 Å². The molecule has 2 rings (SSSR count). The molecule has 1 heterocycles. The topological polar surface area (TPSA) is 9.23 Å². The van der Waals surface area contributed by atoms with Gasteiger partial charge in [0.05, 0.1) is 5.86 Å². The van der Waals surface area contributed by atoms with Gasteiger partial charge in [-0.3, -0.25) is 0 Å². The van der Waals surface area contributed by atoms with Gasteiger partial charge in [-0.2, -0.15) is 0 Å². The van der Waals surface area contributed by atoms with Crippen LogP contribution >= 0.6 is 0 Å². The predicted molar refractivity (Wildman–Crippen MR) is 38.5 cm³/mol. The fourth-order valence-corrected chi connectivity index (χ4v) is 1.63. The first kappa shape index (κ1) is 4.94. The van der Waals surface area contributed by atoms with Crippen LogP contribution in [0.4, 0.5) is 0 Å². The zero-order chi connectivity index (χ0) is 6.10. The summed E-state index contributed by atoms with van der Waals surface area (Å²) in [5, 5.41) is 1.32. The summed E-state index contributed by atoms with van der Waals surface area (Å²) in [7, 11) is 0.732. The van der Waals surface area contributed by atoms with Crippen LogP contribution in [0.3, 0.4) is 0 Å². The highest BCUT2D eigenvalue weighted by atomic mass is 28.2. The Balaban J connectivity index is 2.63. The monoisotopic (exact) mass is 133 g/mol. The second-order valence-corrected chi connectivity index (χ2v) is 2.94. The van der Waals surface area contributed by atoms with Crippen molar-refractivity contribution in [2.75, 3.05) is 0 Å². The number of benzene rings is 1. The second-order valence-electron chi connectivity index (χ2n) is 1.88. The minimum atomic E-state index is 0.732. The van der Waals surface area contributed by atoms with Gasteiger partial charge in [-0.05, 0) is 6.07 Å². The molecule has 0 saturated heterocycles. The van der Waals surface area contributed by atoms with Crippen molar-refractivity contribution in [2.45, 2.75) is 0 Å². The lowest BCUT2D eigenvalue weighted by Gasteiger charge is -1.94. The minimum Gasteiger partial charge on any atom is -0.470 e. The SMILES string of the molecule is C1=[Si]c2ccccc2O1. The van der Waals surface area contributed by atoms with E-state index in [1.165, 1.54) is 5.19 Å². The van der Waals surface area contributed by atoms with Crippen LogP contribution in [-0.2, 0) is 0 Å². The Hall–Kier alpha value is -0.893. The molecule has 43 valence electrons. The van der Waals surface area contributed by atoms with E-state index in [0.29, 0.717) is 0 Å². The zero-order valence-electron chi connectivity index (χ0n) is 4.79. The molecule has 9 heavy (non-hydrogen) atoms. The van der Waals surface area contributed by atoms with Gasteiger partial charge < -0.3 is 4.74 Å². The lowest BCUT2D eigenvalue weighted by molar-refractivity contribution is 0.595. The molecule has 1 aliphatic rings. The quantitative estimate of drug-likeness (QED) is 0.458. The normalized spacial score (nSPS) is 12.9. The Morgan fingerprint density at radius 2 is 2.11 bits per heavy atom. The third kappa shape index (κ3) is 0.714. The first-order valence-corrected chi connectivity index (χ1v) is 3.88. The Bertz CT molecular complexity index is 255. The molecule has 0 saturated carbocycles. The van der Waals surface area contributed by atoms with Crippen molar-refractivity contribution in [1.29, 1.82) is 0 Å². The average Bonchev–Trinajstić information content (AvgIpc) is 2.33. The second kappa shape index (κ2) is 1.81. The number of para-hydroxylation sites is 1. The van der Waals surface area contributed by atoms with Crippen molar-refractivity contribution in [2.24, 2.45) is 0 Å². The van der Waals surface area contributed by atoms with E-state index >= 15 is 0 Å². The smallest absolute Gasteiger partial charge is 0.128 e. The molecular weight excluding hydrogens is 128 g/mol. The largest absolute Gasteiger partial charge is 0.470 e. The average molecular weight is 133 g/mol. The highest BCUT2D eigenvalue weighted by molar-refractivity contribution is 6.62. The summed E-state index contributed by atoms with van der Waals surface area (Å²) < 4.78 is 5.19. The molecule has 0 aromatic heterocycles. The molecule has 0 amide bonds. The molecule has 1 aromatic carbocycles. The molecule has 0 fully saturated rings. The lowest BCUT2D eigenvalue weighted by Crippen LogP contribution is -2.01. The predicted octanol–water partition coefficient (Wildman–Crippen LogP) is 0.168. The van der Waals surface area contributed by atoms with Gasteiger partial charge in [0, 0.05) is 5.19 Å². The van der Waals surface area contributed by atoms with Gasteiger partial charge >= 0.3 is 0 Å². The first-order chi connectivity index (χ1) is 4.47. The maximum atomic E-state index is 5.19. The molecular formula is C7H5OSi. The lowest BCUT2D eigenvalue weighted by atomic mass is 10.3. The number of hydrogen-bond donors (Lipinski definition) is 0. The van der Waals surface area contributed by atoms with E-state index in [2.05, 4.69) is 6.07 Å². The van der Waals surface area contributed by atoms with Gasteiger partial charge in [-0.1, -0.05) is 18.2 Å². The molecule has 1 nitrogen and oxygen atoms in total. The van der Waals surface area contributed by atoms with E-state index in [1.54, 1.807) is 0 Å². The highest BCUT2D eigenvalue weighted by Gasteiger charge is 2.02. The Labute approximate surface area is 55.7 Å².